The summed E-state index contributed by atoms with van der Waals surface area (Å²) in [5.74, 6) is 1.25. The number of rotatable bonds is 6. The van der Waals surface area contributed by atoms with E-state index < -0.39 is 10.8 Å². The van der Waals surface area contributed by atoms with Crippen LogP contribution >= 0.6 is 0 Å². The van der Waals surface area contributed by atoms with E-state index >= 15 is 0 Å². The van der Waals surface area contributed by atoms with E-state index in [4.69, 9.17) is 5.73 Å². The third-order valence-electron chi connectivity index (χ3n) is 3.46. The van der Waals surface area contributed by atoms with Crippen molar-refractivity contribution in [2.24, 2.45) is 17.6 Å². The fourth-order valence-corrected chi connectivity index (χ4v) is 3.00. The van der Waals surface area contributed by atoms with Gasteiger partial charge in [0.25, 0.3) is 0 Å². The van der Waals surface area contributed by atoms with E-state index in [-0.39, 0.29) is 11.8 Å². The van der Waals surface area contributed by atoms with Crippen LogP contribution in [-0.2, 0) is 15.6 Å². The second-order valence-electron chi connectivity index (χ2n) is 4.81. The molecular weight excluding hydrogens is 236 g/mol. The Hall–Kier alpha value is -0.420. The Morgan fingerprint density at radius 1 is 1.41 bits per heavy atom. The van der Waals surface area contributed by atoms with E-state index in [2.05, 4.69) is 5.32 Å². The van der Waals surface area contributed by atoms with Crippen LogP contribution in [0.1, 0.15) is 32.1 Å². The molecule has 4 nitrogen and oxygen atoms in total. The van der Waals surface area contributed by atoms with E-state index in [0.29, 0.717) is 24.8 Å². The Labute approximate surface area is 106 Å². The summed E-state index contributed by atoms with van der Waals surface area (Å²) in [5.41, 5.74) is 5.71. The van der Waals surface area contributed by atoms with Crippen LogP contribution in [0.25, 0.3) is 0 Å². The minimum Gasteiger partial charge on any atom is -0.356 e. The van der Waals surface area contributed by atoms with Crippen molar-refractivity contribution in [2.75, 3.05) is 25.1 Å². The molecule has 5 heteroatoms. The number of amides is 1. The lowest BCUT2D eigenvalue weighted by Crippen LogP contribution is -2.39. The van der Waals surface area contributed by atoms with Crippen molar-refractivity contribution in [2.45, 2.75) is 32.1 Å². The Kier molecular flexibility index (Phi) is 6.73. The van der Waals surface area contributed by atoms with Gasteiger partial charge in [0.2, 0.25) is 5.91 Å². The van der Waals surface area contributed by atoms with Crippen LogP contribution in [0, 0.1) is 11.8 Å². The maximum atomic E-state index is 12.0. The molecule has 0 spiro atoms. The van der Waals surface area contributed by atoms with Crippen molar-refractivity contribution >= 4 is 16.7 Å². The van der Waals surface area contributed by atoms with Gasteiger partial charge >= 0.3 is 0 Å². The molecule has 0 aromatic rings. The number of hydrogen-bond acceptors (Lipinski definition) is 3. The average molecular weight is 260 g/mol. The van der Waals surface area contributed by atoms with Crippen molar-refractivity contribution in [1.29, 1.82) is 0 Å². The van der Waals surface area contributed by atoms with E-state index in [1.807, 2.05) is 0 Å². The Bertz CT molecular complexity index is 271. The molecule has 0 heterocycles. The molecule has 1 rings (SSSR count). The summed E-state index contributed by atoms with van der Waals surface area (Å²) in [5, 5.41) is 2.94. The van der Waals surface area contributed by atoms with Gasteiger partial charge in [0, 0.05) is 35.3 Å². The van der Waals surface area contributed by atoms with Crippen molar-refractivity contribution in [3.63, 3.8) is 0 Å². The number of nitrogens with two attached hydrogens (primary N) is 1. The van der Waals surface area contributed by atoms with Crippen LogP contribution in [0.5, 0.6) is 0 Å². The van der Waals surface area contributed by atoms with Crippen molar-refractivity contribution < 1.29 is 9.00 Å². The molecule has 1 amide bonds. The lowest BCUT2D eigenvalue weighted by Gasteiger charge is -2.29. The lowest BCUT2D eigenvalue weighted by molar-refractivity contribution is -0.127. The third kappa shape index (κ3) is 5.17. The quantitative estimate of drug-likeness (QED) is 0.688. The summed E-state index contributed by atoms with van der Waals surface area (Å²) in [6.45, 7) is 1.24. The molecule has 1 aliphatic carbocycles. The maximum Gasteiger partial charge on any atom is 0.223 e. The zero-order valence-corrected chi connectivity index (χ0v) is 11.4. The largest absolute Gasteiger partial charge is 0.356 e. The summed E-state index contributed by atoms with van der Waals surface area (Å²) in [7, 11) is -0.765. The Balaban J connectivity index is 2.27. The zero-order chi connectivity index (χ0) is 12.7. The molecule has 3 unspecified atom stereocenters. The molecule has 3 atom stereocenters. The van der Waals surface area contributed by atoms with Gasteiger partial charge in [-0.25, -0.2) is 0 Å². The fourth-order valence-electron chi connectivity index (χ4n) is 2.45. The van der Waals surface area contributed by atoms with Crippen molar-refractivity contribution in [1.82, 2.24) is 5.32 Å². The number of hydrogen-bond donors (Lipinski definition) is 2. The van der Waals surface area contributed by atoms with Gasteiger partial charge < -0.3 is 11.1 Å². The Morgan fingerprint density at radius 2 is 2.12 bits per heavy atom. The fraction of sp³-hybridized carbons (Fsp3) is 0.917. The van der Waals surface area contributed by atoms with E-state index in [1.165, 1.54) is 6.42 Å². The van der Waals surface area contributed by atoms with Gasteiger partial charge in [0.1, 0.15) is 0 Å². The number of carbonyl (C=O) groups excluding carboxylic acids is 1. The highest BCUT2D eigenvalue weighted by molar-refractivity contribution is 7.84. The van der Waals surface area contributed by atoms with Crippen molar-refractivity contribution in [3.05, 3.63) is 0 Å². The van der Waals surface area contributed by atoms with Gasteiger partial charge in [-0.05, 0) is 31.7 Å². The first-order valence-electron chi connectivity index (χ1n) is 6.43. The number of nitrogens with one attached hydrogen (secondary N) is 1. The zero-order valence-electron chi connectivity index (χ0n) is 10.6. The first kappa shape index (κ1) is 14.6. The highest BCUT2D eigenvalue weighted by Crippen LogP contribution is 2.29. The molecule has 0 saturated heterocycles. The summed E-state index contributed by atoms with van der Waals surface area (Å²) >= 11 is 0. The van der Waals surface area contributed by atoms with Crippen LogP contribution < -0.4 is 11.1 Å². The summed E-state index contributed by atoms with van der Waals surface area (Å²) in [6, 6.07) is 0. The van der Waals surface area contributed by atoms with Crippen molar-refractivity contribution in [3.8, 4) is 0 Å². The van der Waals surface area contributed by atoms with E-state index in [1.54, 1.807) is 6.26 Å². The molecule has 17 heavy (non-hydrogen) atoms. The SMILES string of the molecule is CS(=O)CCCNC(=O)C1CCCCC1CN. The highest BCUT2D eigenvalue weighted by Gasteiger charge is 2.29. The topological polar surface area (TPSA) is 72.2 Å². The minimum atomic E-state index is -0.765. The predicted octanol–water partition coefficient (Wildman–Crippen LogP) is 0.636. The molecule has 100 valence electrons. The Morgan fingerprint density at radius 3 is 2.76 bits per heavy atom. The smallest absolute Gasteiger partial charge is 0.223 e. The third-order valence-corrected chi connectivity index (χ3v) is 4.32. The van der Waals surface area contributed by atoms with Gasteiger partial charge in [-0.1, -0.05) is 12.8 Å². The molecule has 3 N–H and O–H groups in total. The molecule has 1 saturated carbocycles. The van der Waals surface area contributed by atoms with Crippen LogP contribution in [0.15, 0.2) is 0 Å². The molecule has 0 aromatic heterocycles. The second kappa shape index (κ2) is 7.82. The maximum absolute atomic E-state index is 12.0. The monoisotopic (exact) mass is 260 g/mol. The van der Waals surface area contributed by atoms with Gasteiger partial charge in [-0.15, -0.1) is 0 Å². The first-order valence-corrected chi connectivity index (χ1v) is 8.15. The second-order valence-corrected chi connectivity index (χ2v) is 6.36. The first-order chi connectivity index (χ1) is 8.15. The molecule has 0 radical (unpaired) electrons. The van der Waals surface area contributed by atoms with Gasteiger partial charge in [0.15, 0.2) is 0 Å². The minimum absolute atomic E-state index is 0.0980. The van der Waals surface area contributed by atoms with E-state index in [0.717, 1.165) is 25.7 Å². The molecule has 1 fully saturated rings. The molecule has 0 aromatic carbocycles. The molecule has 1 aliphatic rings. The average Bonchev–Trinajstić information content (AvgIpc) is 2.34. The van der Waals surface area contributed by atoms with Crippen LogP contribution in [0.2, 0.25) is 0 Å². The molecule has 0 aliphatic heterocycles. The van der Waals surface area contributed by atoms with Crippen LogP contribution in [0.4, 0.5) is 0 Å². The van der Waals surface area contributed by atoms with Gasteiger partial charge in [-0.2, -0.15) is 0 Å². The molecular formula is C12H24N2O2S. The lowest BCUT2D eigenvalue weighted by atomic mass is 9.79. The van der Waals surface area contributed by atoms with Crippen LogP contribution in [-0.4, -0.2) is 35.2 Å². The summed E-state index contributed by atoms with van der Waals surface area (Å²) in [4.78, 5) is 12.0. The standard InChI is InChI=1S/C12H24N2O2S/c1-17(16)8-4-7-14-12(15)11-6-3-2-5-10(11)9-13/h10-11H,2-9,13H2,1H3,(H,14,15). The number of carbonyl (C=O) groups is 1. The summed E-state index contributed by atoms with van der Waals surface area (Å²) < 4.78 is 10.9. The molecule has 0 bridgehead atoms. The van der Waals surface area contributed by atoms with Gasteiger partial charge in [-0.3, -0.25) is 9.00 Å². The highest BCUT2D eigenvalue weighted by atomic mass is 32.2. The predicted molar refractivity (Wildman–Crippen MR) is 71.1 cm³/mol. The van der Waals surface area contributed by atoms with Crippen LogP contribution in [0.3, 0.4) is 0 Å². The van der Waals surface area contributed by atoms with Gasteiger partial charge in [0.05, 0.1) is 0 Å². The normalized spacial score (nSPS) is 26.5. The van der Waals surface area contributed by atoms with E-state index in [9.17, 15) is 9.00 Å². The summed E-state index contributed by atoms with van der Waals surface area (Å²) in [6.07, 6.45) is 6.84.